The summed E-state index contributed by atoms with van der Waals surface area (Å²) in [6, 6.07) is 9.03. The highest BCUT2D eigenvalue weighted by Gasteiger charge is 2.38. The lowest BCUT2D eigenvalue weighted by atomic mass is 9.64. The quantitative estimate of drug-likeness (QED) is 0.769. The fourth-order valence-corrected chi connectivity index (χ4v) is 3.82. The summed E-state index contributed by atoms with van der Waals surface area (Å²) in [7, 11) is 0. The Labute approximate surface area is 131 Å². The van der Waals surface area contributed by atoms with Crippen LogP contribution in [0.2, 0.25) is 0 Å². The predicted octanol–water partition coefficient (Wildman–Crippen LogP) is 5.42. The smallest absolute Gasteiger partial charge is 0.0409 e. The molecule has 1 fully saturated rings. The van der Waals surface area contributed by atoms with Crippen LogP contribution >= 0.6 is 0 Å². The van der Waals surface area contributed by atoms with Crippen LogP contribution < -0.4 is 5.73 Å². The maximum atomic E-state index is 6.79. The van der Waals surface area contributed by atoms with Crippen molar-refractivity contribution in [3.8, 4) is 0 Å². The second-order valence-corrected chi connectivity index (χ2v) is 7.72. The first-order valence-corrected chi connectivity index (χ1v) is 8.79. The molecule has 0 atom stereocenters. The highest BCUT2D eigenvalue weighted by Crippen LogP contribution is 2.45. The second-order valence-electron chi connectivity index (χ2n) is 7.72. The van der Waals surface area contributed by atoms with Crippen molar-refractivity contribution in [3.63, 3.8) is 0 Å². The molecular formula is C20H33N. The van der Waals surface area contributed by atoms with E-state index < -0.39 is 0 Å². The lowest BCUT2D eigenvalue weighted by Gasteiger charge is -2.43. The molecule has 0 radical (unpaired) electrons. The molecule has 21 heavy (non-hydrogen) atoms. The minimum absolute atomic E-state index is 0.0932. The van der Waals surface area contributed by atoms with Crippen LogP contribution in [0.25, 0.3) is 0 Å². The summed E-state index contributed by atoms with van der Waals surface area (Å²) in [5.41, 5.74) is 9.97. The van der Waals surface area contributed by atoms with E-state index in [1.54, 1.807) is 0 Å². The van der Waals surface area contributed by atoms with Crippen LogP contribution in [-0.4, -0.2) is 0 Å². The number of hydrogen-bond donors (Lipinski definition) is 1. The maximum absolute atomic E-state index is 6.79. The molecule has 1 aromatic rings. The average molecular weight is 287 g/mol. The van der Waals surface area contributed by atoms with Gasteiger partial charge in [0.05, 0.1) is 0 Å². The summed E-state index contributed by atoms with van der Waals surface area (Å²) in [4.78, 5) is 0. The lowest BCUT2D eigenvalue weighted by molar-refractivity contribution is 0.115. The van der Waals surface area contributed by atoms with Gasteiger partial charge in [-0.1, -0.05) is 64.8 Å². The molecule has 118 valence electrons. The third-order valence-electron chi connectivity index (χ3n) is 5.93. The van der Waals surface area contributed by atoms with Crippen LogP contribution in [0.4, 0.5) is 0 Å². The molecule has 1 aliphatic rings. The van der Waals surface area contributed by atoms with Crippen molar-refractivity contribution >= 4 is 0 Å². The summed E-state index contributed by atoms with van der Waals surface area (Å²) >= 11 is 0. The first kappa shape index (κ1) is 16.5. The predicted molar refractivity (Wildman–Crippen MR) is 92.3 cm³/mol. The van der Waals surface area contributed by atoms with Crippen molar-refractivity contribution in [1.29, 1.82) is 0 Å². The van der Waals surface area contributed by atoms with Gasteiger partial charge in [-0.25, -0.2) is 0 Å². The van der Waals surface area contributed by atoms with Gasteiger partial charge in [0.1, 0.15) is 0 Å². The fourth-order valence-electron chi connectivity index (χ4n) is 3.82. The molecule has 2 rings (SSSR count). The molecule has 1 saturated carbocycles. The number of benzene rings is 1. The molecule has 0 bridgehead atoms. The van der Waals surface area contributed by atoms with Gasteiger partial charge in [-0.05, 0) is 54.6 Å². The molecule has 1 heteroatoms. The van der Waals surface area contributed by atoms with E-state index in [0.717, 1.165) is 25.2 Å². The first-order valence-electron chi connectivity index (χ1n) is 8.79. The molecule has 1 aliphatic carbocycles. The average Bonchev–Trinajstić information content (AvgIpc) is 2.48. The normalized spacial score (nSPS) is 26.8. The molecule has 0 aliphatic heterocycles. The molecule has 0 amide bonds. The van der Waals surface area contributed by atoms with Crippen molar-refractivity contribution in [2.45, 2.75) is 78.2 Å². The van der Waals surface area contributed by atoms with Crippen LogP contribution in [-0.2, 0) is 12.0 Å². The second kappa shape index (κ2) is 6.52. The minimum atomic E-state index is -0.0932. The number of nitrogens with two attached hydrogens (primary N) is 1. The highest BCUT2D eigenvalue weighted by molar-refractivity contribution is 5.30. The van der Waals surface area contributed by atoms with Gasteiger partial charge in [-0.15, -0.1) is 0 Å². The third kappa shape index (κ3) is 3.69. The maximum Gasteiger partial charge on any atom is 0.0409 e. The van der Waals surface area contributed by atoms with Gasteiger partial charge in [-0.3, -0.25) is 0 Å². The molecule has 0 aromatic heterocycles. The number of hydrogen-bond acceptors (Lipinski definition) is 1. The summed E-state index contributed by atoms with van der Waals surface area (Å²) < 4.78 is 0. The molecule has 1 aromatic carbocycles. The Hall–Kier alpha value is -0.820. The Kier molecular flexibility index (Phi) is 5.14. The summed E-state index contributed by atoms with van der Waals surface area (Å²) in [5.74, 6) is 0.831. The van der Waals surface area contributed by atoms with Crippen molar-refractivity contribution in [2.75, 3.05) is 0 Å². The molecule has 0 heterocycles. The van der Waals surface area contributed by atoms with Crippen LogP contribution in [0, 0.1) is 11.3 Å². The zero-order chi connectivity index (χ0) is 15.5. The minimum Gasteiger partial charge on any atom is -0.321 e. The molecule has 0 unspecified atom stereocenters. The molecule has 0 spiro atoms. The topological polar surface area (TPSA) is 26.0 Å². The Balaban J connectivity index is 2.10. The highest BCUT2D eigenvalue weighted by atomic mass is 14.8. The Bertz CT molecular complexity index is 453. The van der Waals surface area contributed by atoms with Crippen molar-refractivity contribution in [3.05, 3.63) is 35.4 Å². The van der Waals surface area contributed by atoms with Crippen LogP contribution in [0.15, 0.2) is 24.3 Å². The monoisotopic (exact) mass is 287 g/mol. The van der Waals surface area contributed by atoms with Gasteiger partial charge in [0.25, 0.3) is 0 Å². The SMILES string of the molecule is CCCc1cccc(C2(N)CCC(C(C)(C)CC)CC2)c1. The van der Waals surface area contributed by atoms with E-state index in [2.05, 4.69) is 52.0 Å². The zero-order valence-electron chi connectivity index (χ0n) is 14.4. The van der Waals surface area contributed by atoms with Crippen LogP contribution in [0.5, 0.6) is 0 Å². The van der Waals surface area contributed by atoms with E-state index in [1.807, 2.05) is 0 Å². The molecular weight excluding hydrogens is 254 g/mol. The van der Waals surface area contributed by atoms with Gasteiger partial charge < -0.3 is 5.73 Å². The van der Waals surface area contributed by atoms with Crippen molar-refractivity contribution in [2.24, 2.45) is 17.1 Å². The Morgan fingerprint density at radius 1 is 1.19 bits per heavy atom. The van der Waals surface area contributed by atoms with Crippen molar-refractivity contribution < 1.29 is 0 Å². The summed E-state index contributed by atoms with van der Waals surface area (Å²) in [6.45, 7) is 9.40. The van der Waals surface area contributed by atoms with Crippen molar-refractivity contribution in [1.82, 2.24) is 0 Å². The largest absolute Gasteiger partial charge is 0.321 e. The van der Waals surface area contributed by atoms with E-state index in [4.69, 9.17) is 5.73 Å². The Morgan fingerprint density at radius 3 is 2.43 bits per heavy atom. The summed E-state index contributed by atoms with van der Waals surface area (Å²) in [6.07, 6.45) is 8.45. The van der Waals surface area contributed by atoms with Gasteiger partial charge in [0.15, 0.2) is 0 Å². The van der Waals surface area contributed by atoms with Gasteiger partial charge in [-0.2, -0.15) is 0 Å². The standard InChI is InChI=1S/C20H33N/c1-5-8-16-9-7-10-18(15-16)20(21)13-11-17(12-14-20)19(3,4)6-2/h7,9-10,15,17H,5-6,8,11-14,21H2,1-4H3. The van der Waals surface area contributed by atoms with Crippen LogP contribution in [0.1, 0.15) is 77.3 Å². The van der Waals surface area contributed by atoms with E-state index in [0.29, 0.717) is 5.41 Å². The van der Waals surface area contributed by atoms with E-state index >= 15 is 0 Å². The zero-order valence-corrected chi connectivity index (χ0v) is 14.4. The third-order valence-corrected chi connectivity index (χ3v) is 5.93. The van der Waals surface area contributed by atoms with Gasteiger partial charge >= 0.3 is 0 Å². The van der Waals surface area contributed by atoms with Gasteiger partial charge in [0, 0.05) is 5.54 Å². The molecule has 0 saturated heterocycles. The van der Waals surface area contributed by atoms with E-state index in [9.17, 15) is 0 Å². The van der Waals surface area contributed by atoms with E-state index in [1.165, 1.54) is 36.8 Å². The molecule has 1 nitrogen and oxygen atoms in total. The Morgan fingerprint density at radius 2 is 1.86 bits per heavy atom. The molecule has 2 N–H and O–H groups in total. The number of aryl methyl sites for hydroxylation is 1. The van der Waals surface area contributed by atoms with Gasteiger partial charge in [0.2, 0.25) is 0 Å². The fraction of sp³-hybridized carbons (Fsp3) is 0.700. The lowest BCUT2D eigenvalue weighted by Crippen LogP contribution is -2.42. The van der Waals surface area contributed by atoms with E-state index in [-0.39, 0.29) is 5.54 Å². The first-order chi connectivity index (χ1) is 9.91. The van der Waals surface area contributed by atoms with Crippen LogP contribution in [0.3, 0.4) is 0 Å². The summed E-state index contributed by atoms with van der Waals surface area (Å²) in [5, 5.41) is 0. The number of rotatable bonds is 5.